The van der Waals surface area contributed by atoms with Crippen LogP contribution in [0.3, 0.4) is 0 Å². The van der Waals surface area contributed by atoms with E-state index in [0.29, 0.717) is 0 Å². The van der Waals surface area contributed by atoms with Crippen LogP contribution in [0.2, 0.25) is 0 Å². The molecule has 0 aliphatic rings. The number of carboxylic acids is 1. The van der Waals surface area contributed by atoms with E-state index in [4.69, 9.17) is 5.11 Å². The average molecular weight is 258 g/mol. The fourth-order valence-corrected chi connectivity index (χ4v) is 2.41. The molecule has 0 radical (unpaired) electrons. The van der Waals surface area contributed by atoms with Crippen LogP contribution in [0, 0.1) is 13.8 Å². The van der Waals surface area contributed by atoms with Gasteiger partial charge in [0.1, 0.15) is 0 Å². The lowest BCUT2D eigenvalue weighted by Gasteiger charge is -2.26. The summed E-state index contributed by atoms with van der Waals surface area (Å²) in [5, 5.41) is 15.6. The maximum absolute atomic E-state index is 10.9. The number of aryl methyl sites for hydroxylation is 2. The third-order valence-corrected chi connectivity index (χ3v) is 3.53. The van der Waals surface area contributed by atoms with Gasteiger partial charge < -0.3 is 5.11 Å². The first-order chi connectivity index (χ1) is 8.82. The highest BCUT2D eigenvalue weighted by Gasteiger charge is 2.27. The van der Waals surface area contributed by atoms with Crippen LogP contribution in [0.1, 0.15) is 46.7 Å². The molecule has 4 heteroatoms. The molecule has 0 atom stereocenters. The van der Waals surface area contributed by atoms with Gasteiger partial charge in [-0.3, -0.25) is 5.10 Å². The lowest BCUT2D eigenvalue weighted by atomic mass is 9.79. The zero-order valence-corrected chi connectivity index (χ0v) is 11.6. The number of carbonyl (C=O) groups is 1. The molecule has 19 heavy (non-hydrogen) atoms. The number of rotatable bonds is 3. The van der Waals surface area contributed by atoms with Gasteiger partial charge >= 0.3 is 5.97 Å². The fraction of sp³-hybridized carbons (Fsp3) is 0.333. The van der Waals surface area contributed by atoms with Gasteiger partial charge in [0.25, 0.3) is 0 Å². The van der Waals surface area contributed by atoms with Crippen molar-refractivity contribution in [3.8, 4) is 0 Å². The Morgan fingerprint density at radius 3 is 2.47 bits per heavy atom. The normalized spacial score (nSPS) is 11.6. The van der Waals surface area contributed by atoms with Gasteiger partial charge in [-0.15, -0.1) is 0 Å². The Morgan fingerprint density at radius 1 is 1.26 bits per heavy atom. The number of nitrogens with one attached hydrogen (secondary N) is 1. The Kier molecular flexibility index (Phi) is 3.18. The molecule has 0 unspecified atom stereocenters. The molecule has 0 saturated carbocycles. The molecule has 1 heterocycles. The first kappa shape index (κ1) is 13.3. The topological polar surface area (TPSA) is 66.0 Å². The van der Waals surface area contributed by atoms with Crippen molar-refractivity contribution in [3.63, 3.8) is 0 Å². The van der Waals surface area contributed by atoms with E-state index in [1.54, 1.807) is 6.07 Å². The smallest absolute Gasteiger partial charge is 0.356 e. The molecule has 0 spiro atoms. The third kappa shape index (κ3) is 2.38. The summed E-state index contributed by atoms with van der Waals surface area (Å²) in [6.07, 6.45) is 0. The van der Waals surface area contributed by atoms with Crippen molar-refractivity contribution in [2.75, 3.05) is 0 Å². The van der Waals surface area contributed by atoms with Crippen molar-refractivity contribution < 1.29 is 9.90 Å². The second-order valence-electron chi connectivity index (χ2n) is 5.42. The monoisotopic (exact) mass is 258 g/mol. The Balaban J connectivity index is 2.48. The van der Waals surface area contributed by atoms with Crippen LogP contribution >= 0.6 is 0 Å². The summed E-state index contributed by atoms with van der Waals surface area (Å²) in [6, 6.07) is 7.89. The Labute approximate surface area is 112 Å². The molecule has 0 bridgehead atoms. The minimum atomic E-state index is -1.01. The Morgan fingerprint density at radius 2 is 1.95 bits per heavy atom. The second-order valence-corrected chi connectivity index (χ2v) is 5.42. The van der Waals surface area contributed by atoms with E-state index >= 15 is 0 Å². The number of carboxylic acid groups (broad SMARTS) is 1. The van der Waals surface area contributed by atoms with Crippen LogP contribution in [0.25, 0.3) is 0 Å². The summed E-state index contributed by atoms with van der Waals surface area (Å²) in [5.41, 5.74) is 4.12. The van der Waals surface area contributed by atoms with Crippen molar-refractivity contribution in [2.45, 2.75) is 33.1 Å². The Bertz CT molecular complexity index is 627. The number of aromatic amines is 1. The van der Waals surface area contributed by atoms with Crippen molar-refractivity contribution in [1.82, 2.24) is 10.2 Å². The second kappa shape index (κ2) is 4.53. The molecule has 1 aromatic carbocycles. The number of aromatic carboxylic acids is 1. The lowest BCUT2D eigenvalue weighted by molar-refractivity contribution is 0.0690. The molecule has 0 amide bonds. The maximum Gasteiger partial charge on any atom is 0.356 e. The highest BCUT2D eigenvalue weighted by molar-refractivity contribution is 5.85. The highest BCUT2D eigenvalue weighted by atomic mass is 16.4. The van der Waals surface area contributed by atoms with Crippen molar-refractivity contribution in [3.05, 3.63) is 52.3 Å². The molecule has 2 N–H and O–H groups in total. The van der Waals surface area contributed by atoms with Gasteiger partial charge in [-0.1, -0.05) is 37.6 Å². The fourth-order valence-electron chi connectivity index (χ4n) is 2.41. The Hall–Kier alpha value is -2.10. The predicted molar refractivity (Wildman–Crippen MR) is 73.6 cm³/mol. The zero-order valence-electron chi connectivity index (χ0n) is 11.6. The standard InChI is InChI=1S/C15H18N2O2/c1-9-5-6-11(10(2)7-9)15(3,4)13-8-12(14(18)19)16-17-13/h5-8H,1-4H3,(H,16,17)(H,18,19). The first-order valence-electron chi connectivity index (χ1n) is 6.19. The zero-order chi connectivity index (χ0) is 14.2. The van der Waals surface area contributed by atoms with Gasteiger partial charge in [-0.2, -0.15) is 5.10 Å². The van der Waals surface area contributed by atoms with E-state index in [2.05, 4.69) is 56.1 Å². The summed E-state index contributed by atoms with van der Waals surface area (Å²) in [7, 11) is 0. The van der Waals surface area contributed by atoms with Crippen LogP contribution in [-0.4, -0.2) is 21.3 Å². The highest BCUT2D eigenvalue weighted by Crippen LogP contribution is 2.32. The van der Waals surface area contributed by atoms with Crippen LogP contribution in [0.5, 0.6) is 0 Å². The van der Waals surface area contributed by atoms with Crippen molar-refractivity contribution in [1.29, 1.82) is 0 Å². The maximum atomic E-state index is 10.9. The third-order valence-electron chi connectivity index (χ3n) is 3.53. The molecule has 0 fully saturated rings. The van der Waals surface area contributed by atoms with E-state index < -0.39 is 5.97 Å². The quantitative estimate of drug-likeness (QED) is 0.889. The van der Waals surface area contributed by atoms with E-state index in [1.807, 2.05) is 0 Å². The minimum Gasteiger partial charge on any atom is -0.476 e. The van der Waals surface area contributed by atoms with Crippen LogP contribution in [0.4, 0.5) is 0 Å². The van der Waals surface area contributed by atoms with Crippen LogP contribution < -0.4 is 0 Å². The van der Waals surface area contributed by atoms with Crippen LogP contribution in [0.15, 0.2) is 24.3 Å². The number of hydrogen-bond acceptors (Lipinski definition) is 2. The largest absolute Gasteiger partial charge is 0.476 e. The minimum absolute atomic E-state index is 0.0489. The van der Waals surface area contributed by atoms with Gasteiger partial charge in [0.2, 0.25) is 0 Å². The molecular weight excluding hydrogens is 240 g/mol. The SMILES string of the molecule is Cc1ccc(C(C)(C)c2cc(C(=O)O)n[nH]2)c(C)c1. The van der Waals surface area contributed by atoms with Gasteiger partial charge in [0.15, 0.2) is 5.69 Å². The van der Waals surface area contributed by atoms with Gasteiger partial charge in [0.05, 0.1) is 0 Å². The molecule has 1 aromatic heterocycles. The summed E-state index contributed by atoms with van der Waals surface area (Å²) in [4.78, 5) is 10.9. The predicted octanol–water partition coefficient (Wildman–Crippen LogP) is 3.05. The van der Waals surface area contributed by atoms with E-state index in [1.165, 1.54) is 16.7 Å². The van der Waals surface area contributed by atoms with Crippen molar-refractivity contribution in [2.24, 2.45) is 0 Å². The summed E-state index contributed by atoms with van der Waals surface area (Å²) in [6.45, 7) is 8.24. The molecule has 0 aliphatic carbocycles. The molecule has 0 aliphatic heterocycles. The summed E-state index contributed by atoms with van der Waals surface area (Å²) >= 11 is 0. The number of H-pyrrole nitrogens is 1. The van der Waals surface area contributed by atoms with Gasteiger partial charge in [-0.25, -0.2) is 4.79 Å². The average Bonchev–Trinajstić information content (AvgIpc) is 2.78. The molecular formula is C15H18N2O2. The van der Waals surface area contributed by atoms with E-state index in [9.17, 15) is 4.79 Å². The van der Waals surface area contributed by atoms with Crippen LogP contribution in [-0.2, 0) is 5.41 Å². The van der Waals surface area contributed by atoms with Gasteiger partial charge in [-0.05, 0) is 31.0 Å². The summed E-state index contributed by atoms with van der Waals surface area (Å²) in [5.74, 6) is -1.01. The molecule has 4 nitrogen and oxygen atoms in total. The number of hydrogen-bond donors (Lipinski definition) is 2. The summed E-state index contributed by atoms with van der Waals surface area (Å²) < 4.78 is 0. The lowest BCUT2D eigenvalue weighted by Crippen LogP contribution is -2.21. The number of nitrogens with zero attached hydrogens (tertiary/aromatic N) is 1. The van der Waals surface area contributed by atoms with E-state index in [0.717, 1.165) is 5.69 Å². The van der Waals surface area contributed by atoms with E-state index in [-0.39, 0.29) is 11.1 Å². The number of aromatic nitrogens is 2. The molecule has 2 aromatic rings. The molecule has 100 valence electrons. The first-order valence-corrected chi connectivity index (χ1v) is 6.19. The number of benzene rings is 1. The molecule has 0 saturated heterocycles. The van der Waals surface area contributed by atoms with Crippen molar-refractivity contribution >= 4 is 5.97 Å². The van der Waals surface area contributed by atoms with Gasteiger partial charge in [0, 0.05) is 11.1 Å². The molecule has 2 rings (SSSR count).